The van der Waals surface area contributed by atoms with E-state index in [0.717, 1.165) is 30.1 Å². The highest BCUT2D eigenvalue weighted by Crippen LogP contribution is 2.29. The number of hydrogen-bond acceptors (Lipinski definition) is 4. The number of hydrazine groups is 2. The highest BCUT2D eigenvalue weighted by atomic mass is 15.9. The zero-order chi connectivity index (χ0) is 17.8. The molecule has 4 nitrogen and oxygen atoms in total. The van der Waals surface area contributed by atoms with Crippen LogP contribution >= 0.6 is 0 Å². The summed E-state index contributed by atoms with van der Waals surface area (Å²) in [4.78, 5) is 0. The van der Waals surface area contributed by atoms with Crippen molar-refractivity contribution in [3.63, 3.8) is 0 Å². The molecule has 0 unspecified atom stereocenters. The van der Waals surface area contributed by atoms with Gasteiger partial charge in [-0.1, -0.05) is 86.5 Å². The summed E-state index contributed by atoms with van der Waals surface area (Å²) < 4.78 is 0. The minimum absolute atomic E-state index is 0.928. The Balaban J connectivity index is 1.71. The second kappa shape index (κ2) is 7.48. The Bertz CT molecular complexity index is 899. The minimum atomic E-state index is 0.928. The van der Waals surface area contributed by atoms with Gasteiger partial charge >= 0.3 is 0 Å². The number of nitrogens with one attached hydrogen (secondary N) is 1. The van der Waals surface area contributed by atoms with Gasteiger partial charge in [0.05, 0.1) is 5.69 Å². The molecule has 4 heteroatoms. The summed E-state index contributed by atoms with van der Waals surface area (Å²) in [6.45, 7) is 3.16. The van der Waals surface area contributed by atoms with Crippen molar-refractivity contribution in [2.75, 3.05) is 11.7 Å². The third kappa shape index (κ3) is 3.10. The van der Waals surface area contributed by atoms with E-state index in [1.165, 1.54) is 23.6 Å². The van der Waals surface area contributed by atoms with Crippen LogP contribution in [-0.4, -0.2) is 17.4 Å². The summed E-state index contributed by atoms with van der Waals surface area (Å²) in [5.74, 6) is 0.967. The van der Waals surface area contributed by atoms with Crippen molar-refractivity contribution in [2.24, 2.45) is 5.10 Å². The maximum atomic E-state index is 4.65. The molecule has 0 aromatic heterocycles. The highest BCUT2D eigenvalue weighted by Gasteiger charge is 2.27. The van der Waals surface area contributed by atoms with Crippen LogP contribution in [0.25, 0.3) is 10.8 Å². The third-order valence-electron chi connectivity index (χ3n) is 4.74. The molecule has 0 aliphatic carbocycles. The fourth-order valence-corrected chi connectivity index (χ4v) is 3.40. The largest absolute Gasteiger partial charge is 0.246 e. The van der Waals surface area contributed by atoms with Gasteiger partial charge in [0.1, 0.15) is 0 Å². The van der Waals surface area contributed by atoms with Crippen molar-refractivity contribution in [1.82, 2.24) is 10.5 Å². The van der Waals surface area contributed by atoms with Crippen LogP contribution in [0.15, 0.2) is 77.9 Å². The maximum Gasteiger partial charge on any atom is 0.178 e. The van der Waals surface area contributed by atoms with Crippen molar-refractivity contribution in [3.05, 3.63) is 78.4 Å². The fourth-order valence-electron chi connectivity index (χ4n) is 3.40. The molecule has 1 aliphatic heterocycles. The average molecular weight is 344 g/mol. The molecule has 0 radical (unpaired) electrons. The maximum absolute atomic E-state index is 4.65. The van der Waals surface area contributed by atoms with Gasteiger partial charge < -0.3 is 0 Å². The number of hydrazone groups is 1. The third-order valence-corrected chi connectivity index (χ3v) is 4.74. The number of hydrogen-bond donors (Lipinski definition) is 1. The fraction of sp³-hybridized carbons (Fsp3) is 0.227. The minimum Gasteiger partial charge on any atom is -0.246 e. The van der Waals surface area contributed by atoms with Gasteiger partial charge in [0.2, 0.25) is 0 Å². The van der Waals surface area contributed by atoms with E-state index in [0.29, 0.717) is 0 Å². The molecule has 0 bridgehead atoms. The number of fused-ring (bicyclic) bond motifs is 1. The Labute approximate surface area is 154 Å². The van der Waals surface area contributed by atoms with Crippen LogP contribution in [0.4, 0.5) is 5.69 Å². The van der Waals surface area contributed by atoms with E-state index < -0.39 is 0 Å². The normalized spacial score (nSPS) is 13.8. The second-order valence-electron chi connectivity index (χ2n) is 6.54. The first-order valence-electron chi connectivity index (χ1n) is 9.32. The van der Waals surface area contributed by atoms with Gasteiger partial charge in [-0.3, -0.25) is 0 Å². The van der Waals surface area contributed by atoms with Gasteiger partial charge in [-0.2, -0.15) is 10.7 Å². The number of benzene rings is 3. The molecule has 132 valence electrons. The molecular weight excluding hydrogens is 320 g/mol. The van der Waals surface area contributed by atoms with Crippen LogP contribution < -0.4 is 10.7 Å². The van der Waals surface area contributed by atoms with Crippen molar-refractivity contribution >= 4 is 22.3 Å². The monoisotopic (exact) mass is 344 g/mol. The predicted molar refractivity (Wildman–Crippen MR) is 109 cm³/mol. The lowest BCUT2D eigenvalue weighted by Gasteiger charge is -2.31. The molecule has 0 amide bonds. The SMILES string of the molecule is CCCCCN1C(c2ccccc2)=NNN1c1cccc2ccccc12. The zero-order valence-electron chi connectivity index (χ0n) is 15.1. The smallest absolute Gasteiger partial charge is 0.178 e. The number of anilines is 1. The van der Waals surface area contributed by atoms with Crippen LogP contribution in [0, 0.1) is 0 Å². The van der Waals surface area contributed by atoms with Crippen LogP contribution in [0.1, 0.15) is 31.7 Å². The van der Waals surface area contributed by atoms with E-state index in [-0.39, 0.29) is 0 Å². The van der Waals surface area contributed by atoms with Crippen molar-refractivity contribution in [3.8, 4) is 0 Å². The molecule has 0 saturated heterocycles. The molecule has 3 aromatic rings. The molecule has 26 heavy (non-hydrogen) atoms. The summed E-state index contributed by atoms with van der Waals surface area (Å²) in [6, 6.07) is 25.2. The van der Waals surface area contributed by atoms with E-state index in [1.807, 2.05) is 6.07 Å². The van der Waals surface area contributed by atoms with Gasteiger partial charge in [-0.05, 0) is 17.9 Å². The molecule has 0 spiro atoms. The van der Waals surface area contributed by atoms with Crippen molar-refractivity contribution in [2.45, 2.75) is 26.2 Å². The molecule has 1 heterocycles. The molecule has 4 rings (SSSR count). The van der Waals surface area contributed by atoms with Gasteiger partial charge in [0, 0.05) is 17.5 Å². The second-order valence-corrected chi connectivity index (χ2v) is 6.54. The number of amidine groups is 1. The Morgan fingerprint density at radius 2 is 1.62 bits per heavy atom. The molecule has 1 N–H and O–H groups in total. The lowest BCUT2D eigenvalue weighted by Crippen LogP contribution is -2.46. The van der Waals surface area contributed by atoms with Crippen LogP contribution in [0.2, 0.25) is 0 Å². The quantitative estimate of drug-likeness (QED) is 0.643. The number of nitrogens with zero attached hydrogens (tertiary/aromatic N) is 3. The lowest BCUT2D eigenvalue weighted by molar-refractivity contribution is 0.367. The first-order chi connectivity index (χ1) is 12.9. The zero-order valence-corrected chi connectivity index (χ0v) is 15.1. The molecular formula is C22H24N4. The van der Waals surface area contributed by atoms with E-state index in [4.69, 9.17) is 0 Å². The molecule has 0 fully saturated rings. The molecule has 0 atom stereocenters. The molecule has 1 aliphatic rings. The molecule has 3 aromatic carbocycles. The summed E-state index contributed by atoms with van der Waals surface area (Å²) >= 11 is 0. The Morgan fingerprint density at radius 3 is 2.46 bits per heavy atom. The van der Waals surface area contributed by atoms with Gasteiger partial charge in [0.25, 0.3) is 0 Å². The summed E-state index contributed by atoms with van der Waals surface area (Å²) in [5, 5.41) is 11.4. The van der Waals surface area contributed by atoms with Crippen molar-refractivity contribution in [1.29, 1.82) is 0 Å². The van der Waals surface area contributed by atoms with Crippen LogP contribution in [0.5, 0.6) is 0 Å². The molecule has 0 saturated carbocycles. The van der Waals surface area contributed by atoms with E-state index in [2.05, 4.69) is 94.4 Å². The van der Waals surface area contributed by atoms with Gasteiger partial charge in [0.15, 0.2) is 5.84 Å². The average Bonchev–Trinajstić information content (AvgIpc) is 3.12. The number of rotatable bonds is 6. The van der Waals surface area contributed by atoms with Gasteiger partial charge in [-0.15, -0.1) is 5.10 Å². The Morgan fingerprint density at radius 1 is 0.846 bits per heavy atom. The van der Waals surface area contributed by atoms with Crippen molar-refractivity contribution < 1.29 is 0 Å². The Kier molecular flexibility index (Phi) is 4.73. The van der Waals surface area contributed by atoms with Gasteiger partial charge in [-0.25, -0.2) is 5.01 Å². The first kappa shape index (κ1) is 16.5. The number of unbranched alkanes of at least 4 members (excludes halogenated alkanes) is 2. The summed E-state index contributed by atoms with van der Waals surface area (Å²) in [6.07, 6.45) is 3.54. The van der Waals surface area contributed by atoms with E-state index in [1.54, 1.807) is 0 Å². The van der Waals surface area contributed by atoms with Crippen LogP contribution in [-0.2, 0) is 0 Å². The lowest BCUT2D eigenvalue weighted by atomic mass is 10.1. The van der Waals surface area contributed by atoms with E-state index in [9.17, 15) is 0 Å². The Hall–Kier alpha value is -3.01. The van der Waals surface area contributed by atoms with E-state index >= 15 is 0 Å². The topological polar surface area (TPSA) is 30.9 Å². The standard InChI is InChI=1S/C22H24N4/c1-2-3-9-17-25-22(19-12-5-4-6-13-19)23-24-26(25)21-16-10-14-18-11-7-8-15-20(18)21/h4-8,10-16,24H,2-3,9,17H2,1H3. The summed E-state index contributed by atoms with van der Waals surface area (Å²) in [5.41, 5.74) is 5.48. The highest BCUT2D eigenvalue weighted by molar-refractivity contribution is 6.02. The predicted octanol–water partition coefficient (Wildman–Crippen LogP) is 4.93. The first-order valence-corrected chi connectivity index (χ1v) is 9.32. The summed E-state index contributed by atoms with van der Waals surface area (Å²) in [7, 11) is 0. The van der Waals surface area contributed by atoms with Crippen LogP contribution in [0.3, 0.4) is 0 Å².